The van der Waals surface area contributed by atoms with E-state index < -0.39 is 14.3 Å². The minimum Gasteiger partial charge on any atom is -0.196 e. The summed E-state index contributed by atoms with van der Waals surface area (Å²) in [6.45, 7) is 24.3. The van der Waals surface area contributed by atoms with Crippen molar-refractivity contribution in [2.24, 2.45) is 4.52 Å². The van der Waals surface area contributed by atoms with E-state index in [-0.39, 0.29) is 17.3 Å². The molecule has 1 aliphatic heterocycles. The summed E-state index contributed by atoms with van der Waals surface area (Å²) in [5, 5.41) is 2.24. The monoisotopic (exact) mass is 391 g/mol. The predicted octanol–water partition coefficient (Wildman–Crippen LogP) is 7.63. The molecular formula is C22H40BNP2. The Labute approximate surface area is 164 Å². The molecule has 1 nitrogen and oxygen atoms in total. The quantitative estimate of drug-likeness (QED) is 0.371. The SMILES string of the molecule is CC(C)[P+]1(C(C)C)[BH2-]/C(=C\c2ccccc2)P(C(C)(C)C)(C(C)(C)C)=N1. The summed E-state index contributed by atoms with van der Waals surface area (Å²) in [6.07, 6.45) is 2.57. The molecular weight excluding hydrogens is 351 g/mol. The molecule has 0 fully saturated rings. The second kappa shape index (κ2) is 7.26. The second-order valence-corrected chi connectivity index (χ2v) is 20.9. The van der Waals surface area contributed by atoms with Gasteiger partial charge in [-0.15, -0.1) is 5.21 Å². The van der Waals surface area contributed by atoms with Gasteiger partial charge in [0.2, 0.25) is 0 Å². The zero-order valence-electron chi connectivity index (χ0n) is 19.0. The molecule has 0 saturated carbocycles. The molecule has 0 aliphatic carbocycles. The van der Waals surface area contributed by atoms with Gasteiger partial charge >= 0.3 is 0 Å². The third kappa shape index (κ3) is 3.54. The molecule has 146 valence electrons. The molecule has 0 atom stereocenters. The fourth-order valence-corrected chi connectivity index (χ4v) is 22.2. The molecule has 0 amide bonds. The van der Waals surface area contributed by atoms with Gasteiger partial charge in [-0.05, 0) is 40.6 Å². The van der Waals surface area contributed by atoms with Crippen LogP contribution in [0.2, 0.25) is 0 Å². The van der Waals surface area contributed by atoms with Crippen LogP contribution in [0, 0.1) is 0 Å². The smallest absolute Gasteiger partial charge is 0.195 e. The Bertz CT molecular complexity index is 693. The maximum atomic E-state index is 6.08. The number of benzene rings is 1. The van der Waals surface area contributed by atoms with E-state index in [1.165, 1.54) is 5.56 Å². The average molecular weight is 391 g/mol. The van der Waals surface area contributed by atoms with Crippen LogP contribution in [0.5, 0.6) is 0 Å². The molecule has 0 radical (unpaired) electrons. The fourth-order valence-electron chi connectivity index (χ4n) is 5.52. The molecule has 0 N–H and O–H groups in total. The van der Waals surface area contributed by atoms with Crippen LogP contribution in [-0.4, -0.2) is 28.6 Å². The van der Waals surface area contributed by atoms with Gasteiger partial charge < -0.3 is 0 Å². The highest BCUT2D eigenvalue weighted by atomic mass is 31.2. The number of nitrogens with zero attached hydrogens (tertiary/aromatic N) is 1. The summed E-state index contributed by atoms with van der Waals surface area (Å²) in [6, 6.07) is 11.0. The van der Waals surface area contributed by atoms with Gasteiger partial charge in [0.25, 0.3) is 0 Å². The summed E-state index contributed by atoms with van der Waals surface area (Å²) in [4.78, 5) is 0. The first-order chi connectivity index (χ1) is 11.8. The molecule has 0 aromatic heterocycles. The minimum atomic E-state index is -1.63. The summed E-state index contributed by atoms with van der Waals surface area (Å²) in [7, 11) is -2.90. The summed E-state index contributed by atoms with van der Waals surface area (Å²) < 4.78 is 6.08. The van der Waals surface area contributed by atoms with Gasteiger partial charge in [0, 0.05) is 28.7 Å². The van der Waals surface area contributed by atoms with E-state index >= 15 is 0 Å². The van der Waals surface area contributed by atoms with Crippen LogP contribution in [0.1, 0.15) is 74.8 Å². The van der Waals surface area contributed by atoms with Crippen LogP contribution in [0.25, 0.3) is 6.08 Å². The van der Waals surface area contributed by atoms with Gasteiger partial charge in [0.15, 0.2) is 7.00 Å². The maximum absolute atomic E-state index is 6.08. The van der Waals surface area contributed by atoms with Crippen molar-refractivity contribution >= 4 is 27.4 Å². The van der Waals surface area contributed by atoms with Crippen molar-refractivity contribution in [3.05, 3.63) is 41.1 Å². The van der Waals surface area contributed by atoms with Crippen LogP contribution in [0.15, 0.2) is 40.1 Å². The molecule has 0 saturated heterocycles. The highest BCUT2D eigenvalue weighted by molar-refractivity contribution is 8.10. The Balaban J connectivity index is 2.88. The van der Waals surface area contributed by atoms with Gasteiger partial charge in [-0.3, -0.25) is 0 Å². The highest BCUT2D eigenvalue weighted by Crippen LogP contribution is 2.89. The summed E-state index contributed by atoms with van der Waals surface area (Å²) in [5.41, 5.74) is 2.80. The van der Waals surface area contributed by atoms with Crippen molar-refractivity contribution in [1.29, 1.82) is 0 Å². The van der Waals surface area contributed by atoms with E-state index in [0.717, 1.165) is 0 Å². The third-order valence-corrected chi connectivity index (χ3v) is 20.2. The van der Waals surface area contributed by atoms with Gasteiger partial charge in [0.05, 0.1) is 0 Å². The van der Waals surface area contributed by atoms with Crippen LogP contribution in [0.3, 0.4) is 0 Å². The Morgan fingerprint density at radius 2 is 1.35 bits per heavy atom. The van der Waals surface area contributed by atoms with E-state index in [1.807, 2.05) is 0 Å². The second-order valence-electron chi connectivity index (χ2n) is 10.8. The molecule has 2 rings (SSSR count). The molecule has 1 aliphatic rings. The summed E-state index contributed by atoms with van der Waals surface area (Å²) in [5.74, 6) is 0. The van der Waals surface area contributed by atoms with E-state index in [4.69, 9.17) is 4.52 Å². The minimum absolute atomic E-state index is 0.223. The van der Waals surface area contributed by atoms with Crippen molar-refractivity contribution in [3.8, 4) is 0 Å². The van der Waals surface area contributed by atoms with Crippen LogP contribution in [-0.2, 0) is 0 Å². The first-order valence-electron chi connectivity index (χ1n) is 10.3. The number of hydrogen-bond acceptors (Lipinski definition) is 1. The molecule has 4 heteroatoms. The normalized spacial score (nSPS) is 21.5. The highest BCUT2D eigenvalue weighted by Gasteiger charge is 2.56. The third-order valence-electron chi connectivity index (χ3n) is 6.63. The van der Waals surface area contributed by atoms with E-state index in [2.05, 4.69) is 106 Å². The Kier molecular flexibility index (Phi) is 6.13. The zero-order valence-corrected chi connectivity index (χ0v) is 20.7. The number of rotatable bonds is 3. The Hall–Kier alpha value is -0.315. The Morgan fingerprint density at radius 3 is 1.73 bits per heavy atom. The first-order valence-corrected chi connectivity index (χ1v) is 14.4. The lowest BCUT2D eigenvalue weighted by atomic mass is 10.0. The fraction of sp³-hybridized carbons (Fsp3) is 0.636. The van der Waals surface area contributed by atoms with Crippen molar-refractivity contribution < 1.29 is 0 Å². The van der Waals surface area contributed by atoms with Gasteiger partial charge in [0.1, 0.15) is 0 Å². The number of hydrogen-bond donors (Lipinski definition) is 0. The largest absolute Gasteiger partial charge is 0.196 e. The van der Waals surface area contributed by atoms with Gasteiger partial charge in [-0.2, -0.15) is 4.52 Å². The molecule has 1 heterocycles. The lowest BCUT2D eigenvalue weighted by Crippen LogP contribution is -2.29. The van der Waals surface area contributed by atoms with Crippen LogP contribution < -0.4 is 0 Å². The van der Waals surface area contributed by atoms with E-state index in [1.54, 1.807) is 5.21 Å². The molecule has 26 heavy (non-hydrogen) atoms. The molecule has 1 aromatic carbocycles. The van der Waals surface area contributed by atoms with Gasteiger partial charge in [-0.1, -0.05) is 78.0 Å². The van der Waals surface area contributed by atoms with Crippen molar-refractivity contribution in [3.63, 3.8) is 0 Å². The van der Waals surface area contributed by atoms with Crippen LogP contribution >= 0.6 is 14.3 Å². The molecule has 0 spiro atoms. The van der Waals surface area contributed by atoms with Crippen molar-refractivity contribution in [2.45, 2.75) is 90.9 Å². The Morgan fingerprint density at radius 1 is 0.885 bits per heavy atom. The van der Waals surface area contributed by atoms with E-state index in [0.29, 0.717) is 11.3 Å². The maximum Gasteiger partial charge on any atom is 0.195 e. The summed E-state index contributed by atoms with van der Waals surface area (Å²) >= 11 is 0. The topological polar surface area (TPSA) is 12.4 Å². The van der Waals surface area contributed by atoms with Crippen LogP contribution in [0.4, 0.5) is 0 Å². The standard InChI is InChI=1S/C22H40BNP2/c1-17(2)25(18(3)4)23-20(16-19-14-12-11-13-15-19)26(24-25,21(5,6)7)22(8,9)10/h11-18H,23H2,1-10H3/b20-16+. The predicted molar refractivity (Wildman–Crippen MR) is 129 cm³/mol. The molecule has 0 bridgehead atoms. The van der Waals surface area contributed by atoms with Crippen molar-refractivity contribution in [1.82, 2.24) is 0 Å². The zero-order chi connectivity index (χ0) is 20.0. The first kappa shape index (κ1) is 22.0. The lowest BCUT2D eigenvalue weighted by molar-refractivity contribution is 0.703. The molecule has 1 aromatic rings. The van der Waals surface area contributed by atoms with E-state index in [9.17, 15) is 0 Å². The average Bonchev–Trinajstić information content (AvgIpc) is 2.85. The lowest BCUT2D eigenvalue weighted by Gasteiger charge is -2.46. The molecule has 0 unspecified atom stereocenters. The van der Waals surface area contributed by atoms with Crippen molar-refractivity contribution in [2.75, 3.05) is 0 Å². The van der Waals surface area contributed by atoms with Gasteiger partial charge in [-0.25, -0.2) is 0 Å².